The summed E-state index contributed by atoms with van der Waals surface area (Å²) < 4.78 is 0. The molecule has 0 saturated heterocycles. The van der Waals surface area contributed by atoms with Crippen molar-refractivity contribution in [2.75, 3.05) is 0 Å². The van der Waals surface area contributed by atoms with Crippen molar-refractivity contribution in [1.82, 2.24) is 10.2 Å². The number of aryl methyl sites for hydroxylation is 2. The Kier molecular flexibility index (Phi) is 4.92. The number of aromatic nitrogens is 2. The standard InChI is InChI=1S/C20H20.C8H6N2/c1-13-6-8-17-15(12-13)7-9-20-18-5-3-4-14(2)16(18)10-11-19(17)20;1-2-4-8-7(3-1)5-6-9-10-8/h6-12,14H,3-5H2,1-2H3;1-6H. The van der Waals surface area contributed by atoms with Gasteiger partial charge in [-0.1, -0.05) is 73.2 Å². The highest BCUT2D eigenvalue weighted by molar-refractivity contribution is 6.09. The zero-order valence-electron chi connectivity index (χ0n) is 17.6. The summed E-state index contributed by atoms with van der Waals surface area (Å²) >= 11 is 0. The van der Waals surface area contributed by atoms with Crippen molar-refractivity contribution < 1.29 is 0 Å². The van der Waals surface area contributed by atoms with Gasteiger partial charge in [0, 0.05) is 5.39 Å². The third kappa shape index (κ3) is 3.43. The molecule has 0 bridgehead atoms. The summed E-state index contributed by atoms with van der Waals surface area (Å²) in [6, 6.07) is 26.0. The van der Waals surface area contributed by atoms with Crippen LogP contribution < -0.4 is 0 Å². The van der Waals surface area contributed by atoms with Gasteiger partial charge in [0.15, 0.2) is 0 Å². The maximum atomic E-state index is 3.93. The van der Waals surface area contributed by atoms with Gasteiger partial charge in [-0.3, -0.25) is 0 Å². The lowest BCUT2D eigenvalue weighted by Crippen LogP contribution is -2.07. The van der Waals surface area contributed by atoms with E-state index in [-0.39, 0.29) is 0 Å². The van der Waals surface area contributed by atoms with E-state index in [1.807, 2.05) is 30.3 Å². The SMILES string of the molecule is Cc1ccc2c(ccc3c4c(ccc32)C(C)CCC4)c1.c1ccc2nnccc2c1. The van der Waals surface area contributed by atoms with Crippen molar-refractivity contribution in [2.45, 2.75) is 39.0 Å². The van der Waals surface area contributed by atoms with Crippen molar-refractivity contribution in [3.8, 4) is 0 Å². The van der Waals surface area contributed by atoms with Crippen LogP contribution in [0.1, 0.15) is 42.4 Å². The van der Waals surface area contributed by atoms with E-state index < -0.39 is 0 Å². The molecule has 0 N–H and O–H groups in total. The topological polar surface area (TPSA) is 25.8 Å². The lowest BCUT2D eigenvalue weighted by atomic mass is 9.81. The zero-order valence-corrected chi connectivity index (χ0v) is 17.6. The summed E-state index contributed by atoms with van der Waals surface area (Å²) in [6.45, 7) is 4.53. The van der Waals surface area contributed by atoms with Gasteiger partial charge in [0.1, 0.15) is 0 Å². The molecule has 0 spiro atoms. The summed E-state index contributed by atoms with van der Waals surface area (Å²) in [7, 11) is 0. The van der Waals surface area contributed by atoms with Gasteiger partial charge in [0.2, 0.25) is 0 Å². The molecule has 1 atom stereocenters. The first-order valence-corrected chi connectivity index (χ1v) is 10.8. The molecular formula is C28H26N2. The highest BCUT2D eigenvalue weighted by Gasteiger charge is 2.18. The predicted octanol–water partition coefficient (Wildman–Crippen LogP) is 7.37. The van der Waals surface area contributed by atoms with Crippen LogP contribution in [0.2, 0.25) is 0 Å². The predicted molar refractivity (Wildman–Crippen MR) is 127 cm³/mol. The first kappa shape index (κ1) is 18.7. The Balaban J connectivity index is 0.000000161. The molecule has 0 saturated carbocycles. The lowest BCUT2D eigenvalue weighted by molar-refractivity contribution is 0.593. The summed E-state index contributed by atoms with van der Waals surface area (Å²) in [5.41, 5.74) is 5.47. The third-order valence-corrected chi connectivity index (χ3v) is 6.34. The molecule has 6 rings (SSSR count). The second-order valence-electron chi connectivity index (χ2n) is 8.40. The number of fused-ring (bicyclic) bond motifs is 6. The van der Waals surface area contributed by atoms with E-state index in [1.54, 1.807) is 17.3 Å². The molecule has 0 radical (unpaired) electrons. The molecule has 2 nitrogen and oxygen atoms in total. The molecule has 4 aromatic carbocycles. The Morgan fingerprint density at radius 3 is 2.53 bits per heavy atom. The quantitative estimate of drug-likeness (QED) is 0.258. The Hall–Kier alpha value is -3.26. The number of benzene rings is 4. The van der Waals surface area contributed by atoms with Crippen molar-refractivity contribution >= 4 is 32.4 Å². The molecule has 0 amide bonds. The van der Waals surface area contributed by atoms with Crippen molar-refractivity contribution in [3.63, 3.8) is 0 Å². The van der Waals surface area contributed by atoms with Crippen LogP contribution >= 0.6 is 0 Å². The molecule has 30 heavy (non-hydrogen) atoms. The normalized spacial score (nSPS) is 15.6. The van der Waals surface area contributed by atoms with Gasteiger partial charge in [-0.05, 0) is 76.9 Å². The second-order valence-corrected chi connectivity index (χ2v) is 8.40. The van der Waals surface area contributed by atoms with E-state index in [2.05, 4.69) is 66.5 Å². The van der Waals surface area contributed by atoms with Gasteiger partial charge in [-0.25, -0.2) is 0 Å². The molecule has 1 aliphatic carbocycles. The van der Waals surface area contributed by atoms with E-state index in [0.717, 1.165) is 16.8 Å². The molecule has 148 valence electrons. The van der Waals surface area contributed by atoms with E-state index >= 15 is 0 Å². The molecule has 0 aliphatic heterocycles. The van der Waals surface area contributed by atoms with Crippen LogP contribution in [-0.2, 0) is 6.42 Å². The van der Waals surface area contributed by atoms with Crippen LogP contribution in [0, 0.1) is 6.92 Å². The van der Waals surface area contributed by atoms with Gasteiger partial charge in [-0.15, -0.1) is 0 Å². The highest BCUT2D eigenvalue weighted by Crippen LogP contribution is 2.37. The van der Waals surface area contributed by atoms with Gasteiger partial charge in [-0.2, -0.15) is 10.2 Å². The Bertz CT molecular complexity index is 1290. The maximum Gasteiger partial charge on any atom is 0.0929 e. The van der Waals surface area contributed by atoms with Crippen LogP contribution in [0.25, 0.3) is 32.4 Å². The van der Waals surface area contributed by atoms with Gasteiger partial charge < -0.3 is 0 Å². The number of hydrogen-bond acceptors (Lipinski definition) is 2. The molecular weight excluding hydrogens is 364 g/mol. The zero-order chi connectivity index (χ0) is 20.5. The van der Waals surface area contributed by atoms with Gasteiger partial charge in [0.25, 0.3) is 0 Å². The fourth-order valence-electron chi connectivity index (χ4n) is 4.76. The molecule has 5 aromatic rings. The van der Waals surface area contributed by atoms with Crippen molar-refractivity contribution in [1.29, 1.82) is 0 Å². The smallest absolute Gasteiger partial charge is 0.0929 e. The Morgan fingerprint density at radius 1 is 0.800 bits per heavy atom. The third-order valence-electron chi connectivity index (χ3n) is 6.34. The van der Waals surface area contributed by atoms with E-state index in [1.165, 1.54) is 46.4 Å². The monoisotopic (exact) mass is 390 g/mol. The van der Waals surface area contributed by atoms with Crippen molar-refractivity contribution in [3.05, 3.63) is 95.7 Å². The molecule has 1 aromatic heterocycles. The van der Waals surface area contributed by atoms with Crippen LogP contribution in [0.3, 0.4) is 0 Å². The fraction of sp³-hybridized carbons (Fsp3) is 0.214. The molecule has 1 unspecified atom stereocenters. The minimum Gasteiger partial charge on any atom is -0.159 e. The van der Waals surface area contributed by atoms with Crippen LogP contribution in [0.5, 0.6) is 0 Å². The lowest BCUT2D eigenvalue weighted by Gasteiger charge is -2.24. The first-order valence-electron chi connectivity index (χ1n) is 10.8. The molecule has 0 fully saturated rings. The number of hydrogen-bond donors (Lipinski definition) is 0. The first-order chi connectivity index (χ1) is 14.7. The van der Waals surface area contributed by atoms with Crippen LogP contribution in [0.15, 0.2) is 79.0 Å². The average molecular weight is 391 g/mol. The summed E-state index contributed by atoms with van der Waals surface area (Å²) in [6.07, 6.45) is 5.61. The van der Waals surface area contributed by atoms with Gasteiger partial charge >= 0.3 is 0 Å². The minimum atomic E-state index is 0.719. The summed E-state index contributed by atoms with van der Waals surface area (Å²) in [5.74, 6) is 0.719. The van der Waals surface area contributed by atoms with E-state index in [9.17, 15) is 0 Å². The summed E-state index contributed by atoms with van der Waals surface area (Å²) in [5, 5.41) is 14.5. The number of rotatable bonds is 0. The van der Waals surface area contributed by atoms with Crippen molar-refractivity contribution in [2.24, 2.45) is 0 Å². The Morgan fingerprint density at radius 2 is 1.63 bits per heavy atom. The van der Waals surface area contributed by atoms with Crippen LogP contribution in [0.4, 0.5) is 0 Å². The maximum absolute atomic E-state index is 3.93. The molecule has 1 aliphatic rings. The number of nitrogens with zero attached hydrogens (tertiary/aromatic N) is 2. The largest absolute Gasteiger partial charge is 0.159 e. The van der Waals surface area contributed by atoms with Crippen LogP contribution in [-0.4, -0.2) is 10.2 Å². The summed E-state index contributed by atoms with van der Waals surface area (Å²) in [4.78, 5) is 0. The average Bonchev–Trinajstić information content (AvgIpc) is 2.79. The van der Waals surface area contributed by atoms with Gasteiger partial charge in [0.05, 0.1) is 11.7 Å². The minimum absolute atomic E-state index is 0.719. The fourth-order valence-corrected chi connectivity index (χ4v) is 4.76. The van der Waals surface area contributed by atoms with E-state index in [0.29, 0.717) is 0 Å². The van der Waals surface area contributed by atoms with E-state index in [4.69, 9.17) is 0 Å². The molecule has 2 heteroatoms. The highest BCUT2D eigenvalue weighted by atomic mass is 15.1. The molecule has 1 heterocycles. The second kappa shape index (κ2) is 7.87. The Labute approximate surface area is 177 Å².